The van der Waals surface area contributed by atoms with Gasteiger partial charge in [0.1, 0.15) is 24.1 Å². The number of nitrogens with zero attached hydrogens (tertiary/aromatic N) is 4. The third kappa shape index (κ3) is 2.60. The fourth-order valence-electron chi connectivity index (χ4n) is 2.32. The molecule has 0 amide bonds. The van der Waals surface area contributed by atoms with Crippen molar-refractivity contribution in [1.82, 2.24) is 19.5 Å². The summed E-state index contributed by atoms with van der Waals surface area (Å²) in [4.78, 5) is 11.8. The molecule has 0 unspecified atom stereocenters. The van der Waals surface area contributed by atoms with Gasteiger partial charge in [0.15, 0.2) is 17.7 Å². The molecule has 2 aromatic rings. The fourth-order valence-corrected chi connectivity index (χ4v) is 2.93. The van der Waals surface area contributed by atoms with E-state index in [2.05, 4.69) is 15.0 Å². The first-order chi connectivity index (χ1) is 10.5. The SMILES string of the molecule is Nc1ncnc2c1ncn2[C@@H]1O[C@H](CSC(F)F)[C@@H](O)[C@H]1O. The van der Waals surface area contributed by atoms with E-state index < -0.39 is 30.3 Å². The number of rotatable bonds is 4. The Morgan fingerprint density at radius 2 is 2.09 bits per heavy atom. The number of thioether (sulfide) groups is 1. The zero-order valence-corrected chi connectivity index (χ0v) is 11.9. The number of nitrogens with two attached hydrogens (primary N) is 1. The number of imidazole rings is 1. The zero-order chi connectivity index (χ0) is 15.9. The summed E-state index contributed by atoms with van der Waals surface area (Å²) in [7, 11) is 0. The van der Waals surface area contributed by atoms with Gasteiger partial charge in [0.25, 0.3) is 5.76 Å². The quantitative estimate of drug-likeness (QED) is 0.714. The molecule has 8 nitrogen and oxygen atoms in total. The maximum absolute atomic E-state index is 12.3. The molecule has 0 radical (unpaired) electrons. The standard InChI is InChI=1S/C11H13F2N5O3S/c12-11(13)22-1-4-6(19)7(20)10(21-4)18-3-17-5-8(14)15-2-16-9(5)18/h2-4,6-7,10-11,19-20H,1H2,(H2,14,15,16)/t4-,6-,7-,10-/m1/s1. The van der Waals surface area contributed by atoms with Crippen LogP contribution in [0.2, 0.25) is 0 Å². The highest BCUT2D eigenvalue weighted by Crippen LogP contribution is 2.34. The molecular weight excluding hydrogens is 320 g/mol. The monoisotopic (exact) mass is 333 g/mol. The van der Waals surface area contributed by atoms with Gasteiger partial charge >= 0.3 is 0 Å². The molecule has 0 saturated carbocycles. The molecule has 120 valence electrons. The number of aliphatic hydroxyl groups is 2. The highest BCUT2D eigenvalue weighted by atomic mass is 32.2. The predicted molar refractivity (Wildman–Crippen MR) is 74.1 cm³/mol. The molecule has 1 aliphatic heterocycles. The first-order valence-corrected chi connectivity index (χ1v) is 7.38. The van der Waals surface area contributed by atoms with Crippen molar-refractivity contribution < 1.29 is 23.7 Å². The third-order valence-electron chi connectivity index (χ3n) is 3.38. The summed E-state index contributed by atoms with van der Waals surface area (Å²) in [6.07, 6.45) is -1.91. The van der Waals surface area contributed by atoms with Crippen LogP contribution in [0.5, 0.6) is 0 Å². The maximum Gasteiger partial charge on any atom is 0.284 e. The van der Waals surface area contributed by atoms with E-state index in [1.165, 1.54) is 17.2 Å². The molecule has 0 aliphatic carbocycles. The molecule has 1 saturated heterocycles. The zero-order valence-electron chi connectivity index (χ0n) is 11.1. The lowest BCUT2D eigenvalue weighted by Crippen LogP contribution is -2.32. The van der Waals surface area contributed by atoms with E-state index >= 15 is 0 Å². The van der Waals surface area contributed by atoms with Crippen LogP contribution in [-0.2, 0) is 4.74 Å². The van der Waals surface area contributed by atoms with Crippen LogP contribution in [0.4, 0.5) is 14.6 Å². The number of halogens is 2. The number of alkyl halides is 2. The van der Waals surface area contributed by atoms with Crippen LogP contribution < -0.4 is 5.73 Å². The Hall–Kier alpha value is -1.56. The first-order valence-electron chi connectivity index (χ1n) is 6.33. The Morgan fingerprint density at radius 1 is 1.32 bits per heavy atom. The van der Waals surface area contributed by atoms with Crippen molar-refractivity contribution in [3.8, 4) is 0 Å². The summed E-state index contributed by atoms with van der Waals surface area (Å²) in [6.45, 7) is 0. The van der Waals surface area contributed by atoms with Gasteiger partial charge in [-0.3, -0.25) is 4.57 Å². The molecule has 22 heavy (non-hydrogen) atoms. The molecule has 4 atom stereocenters. The number of ether oxygens (including phenoxy) is 1. The lowest BCUT2D eigenvalue weighted by atomic mass is 10.1. The van der Waals surface area contributed by atoms with Gasteiger partial charge in [0.05, 0.1) is 12.4 Å². The first kappa shape index (κ1) is 15.3. The topological polar surface area (TPSA) is 119 Å². The van der Waals surface area contributed by atoms with Crippen LogP contribution in [0.25, 0.3) is 11.2 Å². The van der Waals surface area contributed by atoms with Crippen molar-refractivity contribution in [2.24, 2.45) is 0 Å². The van der Waals surface area contributed by atoms with E-state index in [1.54, 1.807) is 0 Å². The highest BCUT2D eigenvalue weighted by molar-refractivity contribution is 7.99. The molecule has 0 spiro atoms. The summed E-state index contributed by atoms with van der Waals surface area (Å²) in [5, 5.41) is 20.0. The minimum atomic E-state index is -2.58. The van der Waals surface area contributed by atoms with Crippen molar-refractivity contribution in [3.05, 3.63) is 12.7 Å². The average Bonchev–Trinajstić information content (AvgIpc) is 3.01. The van der Waals surface area contributed by atoms with E-state index in [0.717, 1.165) is 0 Å². The summed E-state index contributed by atoms with van der Waals surface area (Å²) in [5.41, 5.74) is 6.33. The minimum absolute atomic E-state index is 0.143. The Bertz CT molecular complexity index is 672. The van der Waals surface area contributed by atoms with E-state index in [-0.39, 0.29) is 11.6 Å². The maximum atomic E-state index is 12.3. The second kappa shape index (κ2) is 5.91. The van der Waals surface area contributed by atoms with E-state index in [9.17, 15) is 19.0 Å². The van der Waals surface area contributed by atoms with E-state index in [1.807, 2.05) is 0 Å². The number of aromatic nitrogens is 4. The summed E-state index contributed by atoms with van der Waals surface area (Å²) < 4.78 is 31.4. The molecule has 3 heterocycles. The van der Waals surface area contributed by atoms with Gasteiger partial charge in [-0.1, -0.05) is 11.8 Å². The van der Waals surface area contributed by atoms with Crippen LogP contribution in [0.1, 0.15) is 6.23 Å². The number of hydrogen-bond acceptors (Lipinski definition) is 8. The van der Waals surface area contributed by atoms with Crippen molar-refractivity contribution in [2.45, 2.75) is 30.3 Å². The van der Waals surface area contributed by atoms with Gasteiger partial charge in [-0.05, 0) is 0 Å². The molecule has 4 N–H and O–H groups in total. The number of fused-ring (bicyclic) bond motifs is 1. The third-order valence-corrected chi connectivity index (χ3v) is 4.16. The average molecular weight is 333 g/mol. The molecule has 0 bridgehead atoms. The van der Waals surface area contributed by atoms with Crippen molar-refractivity contribution in [2.75, 3.05) is 11.5 Å². The fraction of sp³-hybridized carbons (Fsp3) is 0.545. The summed E-state index contributed by atoms with van der Waals surface area (Å²) in [6, 6.07) is 0. The lowest BCUT2D eigenvalue weighted by molar-refractivity contribution is -0.0290. The van der Waals surface area contributed by atoms with Gasteiger partial charge in [-0.25, -0.2) is 15.0 Å². The molecule has 11 heteroatoms. The van der Waals surface area contributed by atoms with Crippen molar-refractivity contribution >= 4 is 28.7 Å². The Kier molecular flexibility index (Phi) is 4.12. The van der Waals surface area contributed by atoms with Crippen LogP contribution in [0.15, 0.2) is 12.7 Å². The number of nitrogen functional groups attached to an aromatic ring is 1. The van der Waals surface area contributed by atoms with Crippen molar-refractivity contribution in [1.29, 1.82) is 0 Å². The van der Waals surface area contributed by atoms with Gasteiger partial charge in [0, 0.05) is 5.75 Å². The summed E-state index contributed by atoms with van der Waals surface area (Å²) >= 11 is 0.340. The van der Waals surface area contributed by atoms with Crippen LogP contribution >= 0.6 is 11.8 Å². The summed E-state index contributed by atoms with van der Waals surface area (Å²) in [5.74, 6) is -2.55. The molecule has 3 rings (SSSR count). The Morgan fingerprint density at radius 3 is 2.82 bits per heavy atom. The number of anilines is 1. The molecule has 2 aromatic heterocycles. The molecule has 1 fully saturated rings. The molecular formula is C11H13F2N5O3S. The Labute approximate surface area is 127 Å². The van der Waals surface area contributed by atoms with Crippen LogP contribution in [0.3, 0.4) is 0 Å². The number of aliphatic hydroxyl groups excluding tert-OH is 2. The minimum Gasteiger partial charge on any atom is -0.387 e. The largest absolute Gasteiger partial charge is 0.387 e. The van der Waals surface area contributed by atoms with E-state index in [4.69, 9.17) is 10.5 Å². The van der Waals surface area contributed by atoms with E-state index in [0.29, 0.717) is 22.9 Å². The lowest BCUT2D eigenvalue weighted by Gasteiger charge is -2.16. The van der Waals surface area contributed by atoms with Crippen molar-refractivity contribution in [3.63, 3.8) is 0 Å². The number of hydrogen-bond donors (Lipinski definition) is 3. The second-order valence-corrected chi connectivity index (χ2v) is 5.75. The van der Waals surface area contributed by atoms with Crippen LogP contribution in [0, 0.1) is 0 Å². The molecule has 1 aliphatic rings. The second-order valence-electron chi connectivity index (χ2n) is 4.72. The van der Waals surface area contributed by atoms with Gasteiger partial charge in [0.2, 0.25) is 0 Å². The Balaban J connectivity index is 1.86. The van der Waals surface area contributed by atoms with Gasteiger partial charge < -0.3 is 20.7 Å². The van der Waals surface area contributed by atoms with Gasteiger partial charge in [-0.2, -0.15) is 8.78 Å². The highest BCUT2D eigenvalue weighted by Gasteiger charge is 2.44. The normalized spacial score (nSPS) is 28.8. The van der Waals surface area contributed by atoms with Gasteiger partial charge in [-0.15, -0.1) is 0 Å². The smallest absolute Gasteiger partial charge is 0.284 e. The molecule has 0 aromatic carbocycles. The predicted octanol–water partition coefficient (Wildman–Crippen LogP) is -0.0165. The van der Waals surface area contributed by atoms with Crippen LogP contribution in [-0.4, -0.2) is 59.6 Å².